The maximum absolute atomic E-state index is 12.3. The van der Waals surface area contributed by atoms with E-state index in [2.05, 4.69) is 0 Å². The van der Waals surface area contributed by atoms with E-state index in [4.69, 9.17) is 5.11 Å². The highest BCUT2D eigenvalue weighted by molar-refractivity contribution is 7.86. The number of nitrogens with zero attached hydrogens (tertiary/aromatic N) is 2. The largest absolute Gasteiger partial charge is 0.481 e. The van der Waals surface area contributed by atoms with Gasteiger partial charge in [-0.25, -0.2) is 0 Å². The van der Waals surface area contributed by atoms with Crippen molar-refractivity contribution in [3.05, 3.63) is 0 Å². The van der Waals surface area contributed by atoms with Crippen LogP contribution < -0.4 is 0 Å². The summed E-state index contributed by atoms with van der Waals surface area (Å²) in [4.78, 5) is 10.5. The maximum atomic E-state index is 12.3. The second-order valence-electron chi connectivity index (χ2n) is 4.64. The summed E-state index contributed by atoms with van der Waals surface area (Å²) in [5.74, 6) is -0.984. The van der Waals surface area contributed by atoms with Gasteiger partial charge in [0.2, 0.25) is 0 Å². The predicted octanol–water partition coefficient (Wildman–Crippen LogP) is 0.902. The zero-order chi connectivity index (χ0) is 13.8. The van der Waals surface area contributed by atoms with Crippen molar-refractivity contribution in [3.8, 4) is 0 Å². The van der Waals surface area contributed by atoms with Crippen LogP contribution in [0.2, 0.25) is 0 Å². The van der Waals surface area contributed by atoms with Gasteiger partial charge in [0, 0.05) is 26.2 Å². The Labute approximate surface area is 109 Å². The van der Waals surface area contributed by atoms with E-state index < -0.39 is 16.2 Å². The van der Waals surface area contributed by atoms with Crippen LogP contribution >= 0.6 is 0 Å². The Bertz CT molecular complexity index is 383. The van der Waals surface area contributed by atoms with Gasteiger partial charge in [0.1, 0.15) is 0 Å². The molecule has 1 aliphatic rings. The number of carbonyl (C=O) groups is 1. The van der Waals surface area contributed by atoms with Crippen molar-refractivity contribution in [2.45, 2.75) is 45.1 Å². The highest BCUT2D eigenvalue weighted by atomic mass is 32.2. The van der Waals surface area contributed by atoms with Crippen molar-refractivity contribution in [2.24, 2.45) is 0 Å². The molecule has 0 amide bonds. The Morgan fingerprint density at radius 1 is 1.44 bits per heavy atom. The first-order valence-corrected chi connectivity index (χ1v) is 7.74. The van der Waals surface area contributed by atoms with E-state index in [1.807, 2.05) is 6.92 Å². The van der Waals surface area contributed by atoms with Crippen LogP contribution in [0, 0.1) is 0 Å². The van der Waals surface area contributed by atoms with Crippen LogP contribution in [0.3, 0.4) is 0 Å². The fourth-order valence-electron chi connectivity index (χ4n) is 2.23. The maximum Gasteiger partial charge on any atom is 0.304 e. The van der Waals surface area contributed by atoms with Crippen molar-refractivity contribution >= 4 is 16.2 Å². The fraction of sp³-hybridized carbons (Fsp3) is 0.909. The molecule has 0 radical (unpaired) electrons. The molecule has 1 N–H and O–H groups in total. The average Bonchev–Trinajstić information content (AvgIpc) is 2.35. The lowest BCUT2D eigenvalue weighted by Gasteiger charge is -2.36. The van der Waals surface area contributed by atoms with E-state index in [-0.39, 0.29) is 19.0 Å². The normalized spacial score (nSPS) is 22.3. The van der Waals surface area contributed by atoms with Crippen molar-refractivity contribution < 1.29 is 18.3 Å². The Morgan fingerprint density at radius 2 is 2.11 bits per heavy atom. The van der Waals surface area contributed by atoms with E-state index in [0.29, 0.717) is 6.54 Å². The summed E-state index contributed by atoms with van der Waals surface area (Å²) in [6.07, 6.45) is 3.46. The molecule has 7 heteroatoms. The summed E-state index contributed by atoms with van der Waals surface area (Å²) in [5.41, 5.74) is 0. The summed E-state index contributed by atoms with van der Waals surface area (Å²) < 4.78 is 27.3. The Kier molecular flexibility index (Phi) is 5.55. The summed E-state index contributed by atoms with van der Waals surface area (Å²) in [7, 11) is -2.07. The van der Waals surface area contributed by atoms with Crippen LogP contribution in [-0.4, -0.2) is 54.3 Å². The molecule has 1 rings (SSSR count). The first kappa shape index (κ1) is 15.4. The van der Waals surface area contributed by atoms with Crippen LogP contribution in [0.5, 0.6) is 0 Å². The SMILES string of the molecule is CCC1CCCCN1S(=O)(=O)N(C)CCC(=O)O. The van der Waals surface area contributed by atoms with Gasteiger partial charge in [-0.2, -0.15) is 17.0 Å². The minimum absolute atomic E-state index is 0.0185. The molecule has 0 saturated carbocycles. The first-order valence-electron chi connectivity index (χ1n) is 6.34. The molecular weight excluding hydrogens is 256 g/mol. The first-order chi connectivity index (χ1) is 8.39. The average molecular weight is 278 g/mol. The van der Waals surface area contributed by atoms with Crippen molar-refractivity contribution in [3.63, 3.8) is 0 Å². The fourth-order valence-corrected chi connectivity index (χ4v) is 3.90. The van der Waals surface area contributed by atoms with Crippen molar-refractivity contribution in [1.29, 1.82) is 0 Å². The summed E-state index contributed by atoms with van der Waals surface area (Å²) in [5, 5.41) is 8.60. The van der Waals surface area contributed by atoms with E-state index >= 15 is 0 Å². The number of hydrogen-bond donors (Lipinski definition) is 1. The monoisotopic (exact) mass is 278 g/mol. The predicted molar refractivity (Wildman–Crippen MR) is 68.4 cm³/mol. The lowest BCUT2D eigenvalue weighted by molar-refractivity contribution is -0.137. The summed E-state index contributed by atoms with van der Waals surface area (Å²) >= 11 is 0. The highest BCUT2D eigenvalue weighted by Gasteiger charge is 2.33. The molecule has 106 valence electrons. The third kappa shape index (κ3) is 3.66. The van der Waals surface area contributed by atoms with Crippen LogP contribution in [0.4, 0.5) is 0 Å². The van der Waals surface area contributed by atoms with Gasteiger partial charge in [0.05, 0.1) is 6.42 Å². The molecule has 0 aliphatic carbocycles. The van der Waals surface area contributed by atoms with Gasteiger partial charge in [-0.15, -0.1) is 0 Å². The van der Waals surface area contributed by atoms with Gasteiger partial charge < -0.3 is 5.11 Å². The van der Waals surface area contributed by atoms with Crippen molar-refractivity contribution in [2.75, 3.05) is 20.1 Å². The zero-order valence-corrected chi connectivity index (χ0v) is 11.8. The number of carboxylic acid groups (broad SMARTS) is 1. The third-order valence-electron chi connectivity index (χ3n) is 3.38. The lowest BCUT2D eigenvalue weighted by atomic mass is 10.0. The Balaban J connectivity index is 2.73. The third-order valence-corrected chi connectivity index (χ3v) is 5.42. The number of hydrogen-bond acceptors (Lipinski definition) is 3. The molecule has 0 aromatic carbocycles. The molecule has 1 fully saturated rings. The minimum atomic E-state index is -3.52. The molecule has 0 spiro atoms. The molecular formula is C11H22N2O4S. The van der Waals surface area contributed by atoms with Crippen LogP contribution in [0.15, 0.2) is 0 Å². The molecule has 18 heavy (non-hydrogen) atoms. The Hall–Kier alpha value is -0.660. The van der Waals surface area contributed by atoms with Crippen LogP contribution in [0.1, 0.15) is 39.0 Å². The molecule has 6 nitrogen and oxygen atoms in total. The smallest absolute Gasteiger partial charge is 0.304 e. The van der Waals surface area contributed by atoms with E-state index in [1.54, 1.807) is 0 Å². The second-order valence-corrected chi connectivity index (χ2v) is 6.63. The molecule has 1 heterocycles. The van der Waals surface area contributed by atoms with Gasteiger partial charge in [-0.3, -0.25) is 4.79 Å². The van der Waals surface area contributed by atoms with Gasteiger partial charge in [0.25, 0.3) is 10.2 Å². The number of carboxylic acids is 1. The van der Waals surface area contributed by atoms with Gasteiger partial charge in [-0.1, -0.05) is 13.3 Å². The van der Waals surface area contributed by atoms with E-state index in [0.717, 1.165) is 30.0 Å². The topological polar surface area (TPSA) is 77.9 Å². The number of piperidine rings is 1. The Morgan fingerprint density at radius 3 is 2.67 bits per heavy atom. The number of rotatable bonds is 6. The minimum Gasteiger partial charge on any atom is -0.481 e. The molecule has 1 saturated heterocycles. The number of aliphatic carboxylic acids is 1. The summed E-state index contributed by atoms with van der Waals surface area (Å²) in [6, 6.07) is 0.0519. The molecule has 1 aliphatic heterocycles. The molecule has 0 aromatic heterocycles. The van der Waals surface area contributed by atoms with Crippen LogP contribution in [0.25, 0.3) is 0 Å². The highest BCUT2D eigenvalue weighted by Crippen LogP contribution is 2.24. The van der Waals surface area contributed by atoms with Crippen LogP contribution in [-0.2, 0) is 15.0 Å². The van der Waals surface area contributed by atoms with Gasteiger partial charge >= 0.3 is 5.97 Å². The molecule has 1 unspecified atom stereocenters. The lowest BCUT2D eigenvalue weighted by Crippen LogP contribution is -2.49. The molecule has 0 aromatic rings. The zero-order valence-electron chi connectivity index (χ0n) is 11.0. The molecule has 1 atom stereocenters. The molecule has 0 bridgehead atoms. The second kappa shape index (κ2) is 6.49. The van der Waals surface area contributed by atoms with Gasteiger partial charge in [-0.05, 0) is 19.3 Å². The van der Waals surface area contributed by atoms with E-state index in [9.17, 15) is 13.2 Å². The quantitative estimate of drug-likeness (QED) is 0.783. The van der Waals surface area contributed by atoms with Crippen molar-refractivity contribution in [1.82, 2.24) is 8.61 Å². The summed E-state index contributed by atoms with van der Waals surface area (Å²) in [6.45, 7) is 2.54. The standard InChI is InChI=1S/C11H22N2O4S/c1-3-10-6-4-5-8-13(10)18(16,17)12(2)9-7-11(14)15/h10H,3-9H2,1-2H3,(H,14,15). The van der Waals surface area contributed by atoms with E-state index in [1.165, 1.54) is 11.4 Å². The van der Waals surface area contributed by atoms with Gasteiger partial charge in [0.15, 0.2) is 0 Å².